The number of amides is 2. The van der Waals surface area contributed by atoms with E-state index in [2.05, 4.69) is 10.6 Å². The molecule has 2 aliphatic heterocycles. The second kappa shape index (κ2) is 8.17. The lowest BCUT2D eigenvalue weighted by Gasteiger charge is -2.35. The summed E-state index contributed by atoms with van der Waals surface area (Å²) in [5.41, 5.74) is 2.06. The van der Waals surface area contributed by atoms with E-state index in [9.17, 15) is 9.59 Å². The summed E-state index contributed by atoms with van der Waals surface area (Å²) in [6.45, 7) is 3.90. The topological polar surface area (TPSA) is 70.7 Å². The number of ether oxygens (including phenoxy) is 1. The Morgan fingerprint density at radius 3 is 2.64 bits per heavy atom. The molecular formula is C18H26ClN3O3. The Morgan fingerprint density at radius 1 is 1.28 bits per heavy atom. The Kier molecular flexibility index (Phi) is 6.43. The molecule has 3 rings (SSSR count). The van der Waals surface area contributed by atoms with E-state index < -0.39 is 5.60 Å². The van der Waals surface area contributed by atoms with Crippen molar-refractivity contribution in [2.45, 2.75) is 38.2 Å². The summed E-state index contributed by atoms with van der Waals surface area (Å²) in [4.78, 5) is 26.3. The van der Waals surface area contributed by atoms with Crippen LogP contribution in [0.4, 0.5) is 11.4 Å². The highest BCUT2D eigenvalue weighted by Crippen LogP contribution is 2.31. The first-order chi connectivity index (χ1) is 11.6. The third-order valence-electron chi connectivity index (χ3n) is 5.05. The fraction of sp³-hybridized carbons (Fsp3) is 0.556. The number of nitrogens with one attached hydrogen (secondary N) is 2. The average Bonchev–Trinajstić information content (AvgIpc) is 2.61. The molecule has 0 aliphatic carbocycles. The molecule has 0 aromatic heterocycles. The van der Waals surface area contributed by atoms with E-state index in [1.54, 1.807) is 18.9 Å². The molecule has 2 aliphatic rings. The van der Waals surface area contributed by atoms with Crippen molar-refractivity contribution < 1.29 is 14.3 Å². The van der Waals surface area contributed by atoms with Gasteiger partial charge in [-0.25, -0.2) is 0 Å². The molecule has 6 nitrogen and oxygen atoms in total. The monoisotopic (exact) mass is 367 g/mol. The summed E-state index contributed by atoms with van der Waals surface area (Å²) >= 11 is 0. The van der Waals surface area contributed by atoms with Gasteiger partial charge in [0.2, 0.25) is 5.91 Å². The van der Waals surface area contributed by atoms with Gasteiger partial charge < -0.3 is 20.3 Å². The van der Waals surface area contributed by atoms with Crippen LogP contribution in [0, 0.1) is 0 Å². The first-order valence-electron chi connectivity index (χ1n) is 8.54. The van der Waals surface area contributed by atoms with Gasteiger partial charge in [0.05, 0.1) is 0 Å². The Balaban J connectivity index is 0.00000225. The molecule has 138 valence electrons. The number of aryl methyl sites for hydroxylation is 1. The van der Waals surface area contributed by atoms with Crippen LogP contribution in [-0.2, 0) is 20.7 Å². The molecule has 0 bridgehead atoms. The summed E-state index contributed by atoms with van der Waals surface area (Å²) < 4.78 is 5.57. The van der Waals surface area contributed by atoms with Gasteiger partial charge in [0.1, 0.15) is 5.60 Å². The molecule has 0 radical (unpaired) electrons. The second-order valence-electron chi connectivity index (χ2n) is 6.52. The number of hydrogen-bond acceptors (Lipinski definition) is 4. The smallest absolute Gasteiger partial charge is 0.256 e. The molecular weight excluding hydrogens is 342 g/mol. The largest absolute Gasteiger partial charge is 0.368 e. The number of methoxy groups -OCH3 is 1. The third kappa shape index (κ3) is 3.97. The third-order valence-corrected chi connectivity index (χ3v) is 5.05. The van der Waals surface area contributed by atoms with E-state index in [-0.39, 0.29) is 24.2 Å². The fourth-order valence-electron chi connectivity index (χ4n) is 3.60. The molecule has 1 saturated heterocycles. The number of nitrogens with zero attached hydrogens (tertiary/aromatic N) is 1. The first-order valence-corrected chi connectivity index (χ1v) is 8.54. The average molecular weight is 368 g/mol. The van der Waals surface area contributed by atoms with Crippen molar-refractivity contribution in [1.29, 1.82) is 0 Å². The van der Waals surface area contributed by atoms with Gasteiger partial charge in [-0.15, -0.1) is 12.4 Å². The van der Waals surface area contributed by atoms with Crippen LogP contribution in [0.1, 0.15) is 31.7 Å². The first kappa shape index (κ1) is 19.7. The van der Waals surface area contributed by atoms with Crippen LogP contribution in [0.5, 0.6) is 0 Å². The molecule has 2 amide bonds. The van der Waals surface area contributed by atoms with Crippen LogP contribution in [0.3, 0.4) is 0 Å². The zero-order chi connectivity index (χ0) is 17.2. The minimum absolute atomic E-state index is 0. The quantitative estimate of drug-likeness (QED) is 0.858. The molecule has 0 saturated carbocycles. The normalized spacial score (nSPS) is 18.7. The van der Waals surface area contributed by atoms with Crippen molar-refractivity contribution in [2.24, 2.45) is 0 Å². The summed E-state index contributed by atoms with van der Waals surface area (Å²) in [6.07, 6.45) is 3.19. The molecule has 0 atom stereocenters. The number of benzene rings is 1. The lowest BCUT2D eigenvalue weighted by atomic mass is 9.91. The number of carbonyl (C=O) groups is 2. The van der Waals surface area contributed by atoms with Crippen LogP contribution in [0.25, 0.3) is 0 Å². The van der Waals surface area contributed by atoms with Gasteiger partial charge in [0, 0.05) is 32.0 Å². The van der Waals surface area contributed by atoms with E-state index >= 15 is 0 Å². The molecule has 25 heavy (non-hydrogen) atoms. The maximum absolute atomic E-state index is 12.7. The molecule has 1 fully saturated rings. The maximum Gasteiger partial charge on any atom is 0.256 e. The van der Waals surface area contributed by atoms with Crippen LogP contribution >= 0.6 is 12.4 Å². The fourth-order valence-corrected chi connectivity index (χ4v) is 3.60. The van der Waals surface area contributed by atoms with Gasteiger partial charge in [0.15, 0.2) is 0 Å². The predicted octanol–water partition coefficient (Wildman–Crippen LogP) is 2.11. The van der Waals surface area contributed by atoms with Gasteiger partial charge in [-0.2, -0.15) is 0 Å². The van der Waals surface area contributed by atoms with E-state index in [0.717, 1.165) is 49.4 Å². The van der Waals surface area contributed by atoms with Gasteiger partial charge >= 0.3 is 0 Å². The number of halogens is 1. The number of anilines is 2. The molecule has 1 aromatic carbocycles. The highest BCUT2D eigenvalue weighted by Gasteiger charge is 2.39. The molecule has 0 spiro atoms. The van der Waals surface area contributed by atoms with Crippen molar-refractivity contribution in [2.75, 3.05) is 37.0 Å². The summed E-state index contributed by atoms with van der Waals surface area (Å²) in [5, 5.41) is 6.25. The molecule has 1 aromatic rings. The Morgan fingerprint density at radius 2 is 2.00 bits per heavy atom. The van der Waals surface area contributed by atoms with E-state index in [1.807, 2.05) is 18.2 Å². The van der Waals surface area contributed by atoms with Crippen LogP contribution < -0.4 is 15.5 Å². The zero-order valence-electron chi connectivity index (χ0n) is 14.8. The van der Waals surface area contributed by atoms with Crippen molar-refractivity contribution in [3.05, 3.63) is 23.8 Å². The molecule has 7 heteroatoms. The predicted molar refractivity (Wildman–Crippen MR) is 101 cm³/mol. The summed E-state index contributed by atoms with van der Waals surface area (Å²) in [6, 6.07) is 5.77. The van der Waals surface area contributed by atoms with Crippen LogP contribution in [0.15, 0.2) is 18.2 Å². The highest BCUT2D eigenvalue weighted by atomic mass is 35.5. The van der Waals surface area contributed by atoms with E-state index in [4.69, 9.17) is 4.74 Å². The number of hydrogen-bond donors (Lipinski definition) is 2. The maximum atomic E-state index is 12.7. The number of piperidine rings is 1. The second-order valence-corrected chi connectivity index (χ2v) is 6.52. The summed E-state index contributed by atoms with van der Waals surface area (Å²) in [5.74, 6) is -0.0357. The lowest BCUT2D eigenvalue weighted by molar-refractivity contribution is -0.140. The minimum Gasteiger partial charge on any atom is -0.368 e. The van der Waals surface area contributed by atoms with Crippen molar-refractivity contribution in [3.63, 3.8) is 0 Å². The Bertz CT molecular complexity index is 644. The van der Waals surface area contributed by atoms with E-state index in [0.29, 0.717) is 12.8 Å². The van der Waals surface area contributed by atoms with Crippen LogP contribution in [0.2, 0.25) is 0 Å². The number of carbonyl (C=O) groups excluding carboxylic acids is 2. The van der Waals surface area contributed by atoms with Crippen molar-refractivity contribution in [3.8, 4) is 0 Å². The standard InChI is InChI=1S/C18H25N3O3.ClH/c1-13(22)21-11-3-4-14-12-15(5-6-16(14)21)20-17(23)18(24-2)7-9-19-10-8-18;/h5-6,12,19H,3-4,7-11H2,1-2H3,(H,20,23);1H. The molecule has 0 unspecified atom stereocenters. The lowest BCUT2D eigenvalue weighted by Crippen LogP contribution is -2.51. The molecule has 2 N–H and O–H groups in total. The number of rotatable bonds is 3. The SMILES string of the molecule is COC1(C(=O)Nc2ccc3c(c2)CCCN3C(C)=O)CCNCC1.Cl. The van der Waals surface area contributed by atoms with Gasteiger partial charge in [-0.1, -0.05) is 0 Å². The van der Waals surface area contributed by atoms with E-state index in [1.165, 1.54) is 0 Å². The van der Waals surface area contributed by atoms with Gasteiger partial charge in [-0.3, -0.25) is 9.59 Å². The Labute approximate surface area is 154 Å². The zero-order valence-corrected chi connectivity index (χ0v) is 15.6. The minimum atomic E-state index is -0.757. The Hall–Kier alpha value is -1.63. The highest BCUT2D eigenvalue weighted by molar-refractivity contribution is 5.98. The number of fused-ring (bicyclic) bond motifs is 1. The van der Waals surface area contributed by atoms with Gasteiger partial charge in [-0.05, 0) is 62.5 Å². The van der Waals surface area contributed by atoms with Crippen molar-refractivity contribution >= 4 is 35.6 Å². The molecule has 2 heterocycles. The van der Waals surface area contributed by atoms with Crippen molar-refractivity contribution in [1.82, 2.24) is 5.32 Å². The summed E-state index contributed by atoms with van der Waals surface area (Å²) in [7, 11) is 1.60. The van der Waals surface area contributed by atoms with Gasteiger partial charge in [0.25, 0.3) is 5.91 Å². The van der Waals surface area contributed by atoms with Crippen LogP contribution in [-0.4, -0.2) is 44.2 Å².